The van der Waals surface area contributed by atoms with E-state index < -0.39 is 0 Å². The first-order valence-corrected chi connectivity index (χ1v) is 38.7. The summed E-state index contributed by atoms with van der Waals surface area (Å²) >= 11 is 0. The molecule has 0 spiro atoms. The van der Waals surface area contributed by atoms with Gasteiger partial charge >= 0.3 is 0 Å². The highest BCUT2D eigenvalue weighted by molar-refractivity contribution is 5.94. The summed E-state index contributed by atoms with van der Waals surface area (Å²) in [4.78, 5) is 46.2. The molecule has 5 saturated carbocycles. The lowest BCUT2D eigenvalue weighted by molar-refractivity contribution is -0.0920. The van der Waals surface area contributed by atoms with Crippen molar-refractivity contribution in [1.82, 2.24) is 73.6 Å². The van der Waals surface area contributed by atoms with E-state index in [1.165, 1.54) is 38.5 Å². The minimum atomic E-state index is 0.284. The number of pyridine rings is 3. The molecule has 21 rings (SSSR count). The summed E-state index contributed by atoms with van der Waals surface area (Å²) in [5.41, 5.74) is 36.6. The van der Waals surface area contributed by atoms with Gasteiger partial charge in [0.2, 0.25) is 0 Å². The number of nitrogens with zero attached hydrogens (tertiary/aromatic N) is 13. The second-order valence-electron chi connectivity index (χ2n) is 30.8. The summed E-state index contributed by atoms with van der Waals surface area (Å²) in [6.07, 6.45) is 26.6. The zero-order valence-corrected chi connectivity index (χ0v) is 60.9. The van der Waals surface area contributed by atoms with E-state index in [4.69, 9.17) is 51.8 Å². The van der Waals surface area contributed by atoms with Gasteiger partial charge in [0.05, 0.1) is 45.8 Å². The third-order valence-corrected chi connectivity index (χ3v) is 23.3. The lowest BCUT2D eigenvalue weighted by Crippen LogP contribution is -2.53. The highest BCUT2D eigenvalue weighted by Gasteiger charge is 2.41. The van der Waals surface area contributed by atoms with E-state index in [2.05, 4.69) is 185 Å². The lowest BCUT2D eigenvalue weighted by atomic mass is 9.78. The number of ether oxygens (including phenoxy) is 1. The smallest absolute Gasteiger partial charge is 0.150 e. The third-order valence-electron chi connectivity index (χ3n) is 23.3. The Kier molecular flexibility index (Phi) is 17.7. The fourth-order valence-electron chi connectivity index (χ4n) is 17.4. The predicted octanol–water partition coefficient (Wildman–Crippen LogP) is 16.7. The molecule has 19 heteroatoms. The molecular formula is C89H88N18O. The number of fused-ring (bicyclic) bond motifs is 6. The van der Waals surface area contributed by atoms with Crippen molar-refractivity contribution >= 4 is 66.7 Å². The predicted molar refractivity (Wildman–Crippen MR) is 431 cm³/mol. The summed E-state index contributed by atoms with van der Waals surface area (Å²) < 4.78 is 12.4. The van der Waals surface area contributed by atoms with Gasteiger partial charge in [0.25, 0.3) is 0 Å². The number of hydrogen-bond donors (Lipinski definition) is 5. The zero-order valence-electron chi connectivity index (χ0n) is 60.9. The maximum Gasteiger partial charge on any atom is 0.150 e. The van der Waals surface area contributed by atoms with Crippen LogP contribution < -0.4 is 27.8 Å². The fourth-order valence-corrected chi connectivity index (χ4v) is 17.4. The van der Waals surface area contributed by atoms with E-state index in [0.717, 1.165) is 192 Å². The Labute approximate surface area is 627 Å². The first kappa shape index (κ1) is 67.3. The minimum absolute atomic E-state index is 0.284. The maximum absolute atomic E-state index is 6.45. The van der Waals surface area contributed by atoms with Crippen molar-refractivity contribution in [3.63, 3.8) is 0 Å². The zero-order chi connectivity index (χ0) is 72.5. The van der Waals surface area contributed by atoms with E-state index in [1.807, 2.05) is 73.2 Å². The van der Waals surface area contributed by atoms with E-state index in [0.29, 0.717) is 59.4 Å². The highest BCUT2D eigenvalue weighted by Crippen LogP contribution is 2.46. The number of imidazole rings is 3. The van der Waals surface area contributed by atoms with E-state index in [9.17, 15) is 0 Å². The molecule has 6 fully saturated rings. The van der Waals surface area contributed by atoms with Crippen molar-refractivity contribution in [2.45, 2.75) is 151 Å². The number of morpholine rings is 1. The van der Waals surface area contributed by atoms with Crippen LogP contribution in [0, 0.1) is 0 Å². The van der Waals surface area contributed by atoms with Crippen molar-refractivity contribution in [3.05, 3.63) is 237 Å². The Morgan fingerprint density at radius 1 is 0.361 bits per heavy atom. The molecule has 6 aliphatic rings. The molecule has 5 aliphatic carbocycles. The number of anilines is 3. The van der Waals surface area contributed by atoms with E-state index in [-0.39, 0.29) is 12.2 Å². The van der Waals surface area contributed by atoms with Crippen LogP contribution in [0.4, 0.5) is 17.5 Å². The monoisotopic (exact) mass is 1420 g/mol. The summed E-state index contributed by atoms with van der Waals surface area (Å²) in [7, 11) is 0. The van der Waals surface area contributed by atoms with Crippen LogP contribution in [0.3, 0.4) is 0 Å². The fraction of sp³-hybridized carbons (Fsp3) is 0.292. The van der Waals surface area contributed by atoms with Crippen LogP contribution in [-0.4, -0.2) is 118 Å². The lowest BCUT2D eigenvalue weighted by Gasteiger charge is -2.46. The van der Waals surface area contributed by atoms with Crippen LogP contribution in [0.15, 0.2) is 219 Å². The van der Waals surface area contributed by atoms with Gasteiger partial charge in [-0.25, -0.2) is 44.9 Å². The van der Waals surface area contributed by atoms with Gasteiger partial charge in [-0.15, -0.1) is 0 Å². The number of hydrogen-bond acceptors (Lipinski definition) is 16. The van der Waals surface area contributed by atoms with Crippen LogP contribution in [0.25, 0.3) is 117 Å². The molecular weight excluding hydrogens is 1340 g/mol. The molecule has 2 atom stereocenters. The molecule has 0 bridgehead atoms. The van der Waals surface area contributed by atoms with E-state index in [1.54, 1.807) is 18.6 Å². The van der Waals surface area contributed by atoms with Crippen molar-refractivity contribution in [1.29, 1.82) is 0 Å². The van der Waals surface area contributed by atoms with Gasteiger partial charge < -0.3 is 32.6 Å². The van der Waals surface area contributed by atoms with Gasteiger partial charge in [-0.2, -0.15) is 0 Å². The van der Waals surface area contributed by atoms with Crippen molar-refractivity contribution < 1.29 is 4.74 Å². The maximum atomic E-state index is 6.45. The minimum Gasteiger partial charge on any atom is -0.382 e. The Morgan fingerprint density at radius 2 is 0.694 bits per heavy atom. The van der Waals surface area contributed by atoms with Crippen molar-refractivity contribution in [2.75, 3.05) is 30.3 Å². The number of nitrogen functional groups attached to an aromatic ring is 3. The molecule has 9 aromatic heterocycles. The van der Waals surface area contributed by atoms with Gasteiger partial charge in [0.1, 0.15) is 68.6 Å². The Morgan fingerprint density at radius 3 is 1.05 bits per heavy atom. The van der Waals surface area contributed by atoms with E-state index >= 15 is 0 Å². The molecule has 19 nitrogen and oxygen atoms in total. The average Bonchev–Trinajstić information content (AvgIpc) is 1.60. The Hall–Kier alpha value is -11.4. The van der Waals surface area contributed by atoms with Crippen LogP contribution in [0.5, 0.6) is 0 Å². The first-order valence-electron chi connectivity index (χ1n) is 38.7. The van der Waals surface area contributed by atoms with Gasteiger partial charge in [-0.05, 0) is 114 Å². The Balaban J connectivity index is 0.000000110. The topological polar surface area (TPSA) is 244 Å². The number of benzene rings is 6. The molecule has 1 saturated heterocycles. The molecule has 0 unspecified atom stereocenters. The quantitative estimate of drug-likeness (QED) is 0.0679. The standard InChI is InChI=1S/C31H32N6O.C30H30N6.C28H26N6/c1-19-17-36(18-20(2)38-19)25-14-24(15-25)31-35-28(29-30(32)33-12-13-37(29)31)23-9-8-22-10-11-26(34-27(22)16-23)21-6-4-3-5-7-21;31-29-28-27(21-11-10-20-12-13-25(34-26(20)18-21)19-6-2-1-3-7-19)35-30(36(28)15-14-32-29)22-16-24(17-22)33-23-8-4-5-9-23;29-27-26-25(33-28(34(26)13-12-30-27)20-14-22(15-20)31-21-9-10-21)19-7-6-18-8-11-23(32-24(18)16-19)17-4-2-1-3-5-17/h3-13,16,19-20,24-25H,14-15,17-18H2,1-2H3,(H2,32,33);1-3,6-7,10-15,18,22-24,33H,4-5,8-9,16-17H2,(H2,31,32);1-8,11-13,16,20-22,31H,9-10,14-15H2,(H2,29,30)/t19-,20+,24?,25?;;. The summed E-state index contributed by atoms with van der Waals surface area (Å²) in [5, 5.41) is 10.9. The highest BCUT2D eigenvalue weighted by atomic mass is 16.5. The van der Waals surface area contributed by atoms with Gasteiger partial charge in [0, 0.05) is 148 Å². The normalized spacial score (nSPS) is 21.5. The van der Waals surface area contributed by atoms with Crippen LogP contribution in [0.1, 0.15) is 126 Å². The van der Waals surface area contributed by atoms with Crippen LogP contribution in [-0.2, 0) is 4.74 Å². The number of nitrogens with two attached hydrogens (primary N) is 3. The summed E-state index contributed by atoms with van der Waals surface area (Å²) in [6, 6.07) is 65.8. The van der Waals surface area contributed by atoms with Crippen molar-refractivity contribution in [3.8, 4) is 67.5 Å². The molecule has 0 amide bonds. The molecule has 6 aromatic carbocycles. The number of rotatable bonds is 14. The molecule has 10 heterocycles. The number of aromatic nitrogens is 12. The molecule has 0 radical (unpaired) electrons. The summed E-state index contributed by atoms with van der Waals surface area (Å²) in [5.74, 6) is 6.01. The summed E-state index contributed by atoms with van der Waals surface area (Å²) in [6.45, 7) is 6.34. The molecule has 15 aromatic rings. The Bertz CT molecular complexity index is 5810. The van der Waals surface area contributed by atoms with Crippen LogP contribution in [0.2, 0.25) is 0 Å². The average molecular weight is 1430 g/mol. The van der Waals surface area contributed by atoms with Crippen LogP contribution >= 0.6 is 0 Å². The SMILES string of the molecule is C[C@@H]1CN(C2CC(c3nc(-c4ccc5ccc(-c6ccccc6)nc5c4)c4c(N)nccn34)C2)C[C@H](C)O1.Nc1nccn2c(C3CC(NC4CC4)C3)nc(-c3ccc4ccc(-c5ccccc5)nc4c3)c12.Nc1nccn2c(C3CC(NC4CCCC4)C3)nc(-c3ccc4ccc(-c5ccccc5)nc4c3)c12. The second kappa shape index (κ2) is 28.4. The molecule has 8 N–H and O–H groups in total. The van der Waals surface area contributed by atoms with Gasteiger partial charge in [0.15, 0.2) is 0 Å². The molecule has 108 heavy (non-hydrogen) atoms. The van der Waals surface area contributed by atoms with Gasteiger partial charge in [-0.1, -0.05) is 158 Å². The largest absolute Gasteiger partial charge is 0.382 e. The molecule has 540 valence electrons. The first-order chi connectivity index (χ1) is 53.0. The third kappa shape index (κ3) is 13.2. The number of nitrogens with one attached hydrogen (secondary N) is 2. The second-order valence-corrected chi connectivity index (χ2v) is 30.8. The van der Waals surface area contributed by atoms with Gasteiger partial charge in [-0.3, -0.25) is 18.1 Å². The van der Waals surface area contributed by atoms with Crippen molar-refractivity contribution in [2.24, 2.45) is 0 Å². The molecule has 1 aliphatic heterocycles.